The van der Waals surface area contributed by atoms with Crippen LogP contribution in [0.3, 0.4) is 0 Å². The van der Waals surface area contributed by atoms with Gasteiger partial charge in [-0.25, -0.2) is 18.7 Å². The molecule has 0 saturated carbocycles. The van der Waals surface area contributed by atoms with E-state index in [0.717, 1.165) is 22.9 Å². The second-order valence-corrected chi connectivity index (χ2v) is 12.6. The van der Waals surface area contributed by atoms with E-state index in [1.165, 1.54) is 0 Å². The summed E-state index contributed by atoms with van der Waals surface area (Å²) in [6, 6.07) is 17.8. The zero-order valence-corrected chi connectivity index (χ0v) is 28.2. The molecule has 5 rings (SSSR count). The molecule has 0 amide bonds. The largest absolute Gasteiger partial charge is 0.471 e. The molecular weight excluding hydrogens is 750 g/mol. The molecule has 0 atom stereocenters. The summed E-state index contributed by atoms with van der Waals surface area (Å²) in [5.41, 5.74) is -2.26. The van der Waals surface area contributed by atoms with Crippen molar-refractivity contribution < 1.29 is 49.4 Å². The summed E-state index contributed by atoms with van der Waals surface area (Å²) in [6.45, 7) is 3.65. The lowest BCUT2D eigenvalue weighted by atomic mass is 10.1. The standard InChI is InChI=1S/C19H18F4N2O2S.C14H10BrF4NO/c1-18(2)8-15(25-27-18)28-11-13-14(19(21,22)23)9-24-17(16(13)20)26-10-12-6-4-3-5-7-12;15-6-10-11(14(17,18)19)7-20-13(12(10)16)21-8-9-4-2-1-3-5-9/h3-7,9H,8,10-11H2,1-2H3;1-5,7H,6,8H2. The molecule has 4 aromatic rings. The van der Waals surface area contributed by atoms with Gasteiger partial charge in [-0.1, -0.05) is 81.7 Å². The van der Waals surface area contributed by atoms with Gasteiger partial charge in [-0.3, -0.25) is 0 Å². The van der Waals surface area contributed by atoms with Crippen molar-refractivity contribution in [3.63, 3.8) is 0 Å². The Morgan fingerprint density at radius 2 is 1.20 bits per heavy atom. The number of benzene rings is 2. The molecule has 0 N–H and O–H groups in total. The van der Waals surface area contributed by atoms with E-state index in [-0.39, 0.29) is 24.3 Å². The lowest BCUT2D eigenvalue weighted by Gasteiger charge is -2.16. The maximum Gasteiger partial charge on any atom is 0.418 e. The first-order chi connectivity index (χ1) is 23.1. The van der Waals surface area contributed by atoms with Crippen molar-refractivity contribution in [1.29, 1.82) is 0 Å². The summed E-state index contributed by atoms with van der Waals surface area (Å²) >= 11 is 3.87. The number of hydrogen-bond acceptors (Lipinski definition) is 7. The fourth-order valence-electron chi connectivity index (χ4n) is 4.26. The van der Waals surface area contributed by atoms with Crippen molar-refractivity contribution in [3.05, 3.63) is 118 Å². The monoisotopic (exact) mass is 777 g/mol. The predicted molar refractivity (Wildman–Crippen MR) is 171 cm³/mol. The minimum absolute atomic E-state index is 0.00253. The molecule has 1 aliphatic rings. The van der Waals surface area contributed by atoms with Crippen LogP contribution in [0.2, 0.25) is 0 Å². The molecule has 2 aromatic carbocycles. The molecule has 16 heteroatoms. The summed E-state index contributed by atoms with van der Waals surface area (Å²) in [6.07, 6.45) is -7.75. The third kappa shape index (κ3) is 10.5. The van der Waals surface area contributed by atoms with Gasteiger partial charge in [0, 0.05) is 41.0 Å². The molecule has 0 spiro atoms. The van der Waals surface area contributed by atoms with E-state index in [1.54, 1.807) is 48.5 Å². The number of hydrogen-bond donors (Lipinski definition) is 0. The number of pyridine rings is 2. The molecular formula is C33H28BrF8N3O3S. The van der Waals surface area contributed by atoms with Crippen LogP contribution in [-0.2, 0) is 41.5 Å². The van der Waals surface area contributed by atoms with Gasteiger partial charge in [0.15, 0.2) is 11.6 Å². The molecule has 1 aliphatic heterocycles. The average Bonchev–Trinajstić information content (AvgIpc) is 3.41. The molecule has 6 nitrogen and oxygen atoms in total. The number of aromatic nitrogens is 2. The number of alkyl halides is 7. The Morgan fingerprint density at radius 3 is 1.61 bits per heavy atom. The van der Waals surface area contributed by atoms with E-state index >= 15 is 0 Å². The molecule has 0 radical (unpaired) electrons. The van der Waals surface area contributed by atoms with E-state index in [1.807, 2.05) is 26.0 Å². The number of nitrogens with zero attached hydrogens (tertiary/aromatic N) is 3. The number of thioether (sulfide) groups is 1. The molecule has 2 aromatic heterocycles. The van der Waals surface area contributed by atoms with Crippen LogP contribution in [0, 0.1) is 11.6 Å². The van der Waals surface area contributed by atoms with E-state index in [9.17, 15) is 35.1 Å². The lowest BCUT2D eigenvalue weighted by Crippen LogP contribution is -2.18. The van der Waals surface area contributed by atoms with Crippen molar-refractivity contribution in [3.8, 4) is 11.8 Å². The molecule has 262 valence electrons. The first-order valence-corrected chi connectivity index (χ1v) is 16.5. The van der Waals surface area contributed by atoms with Gasteiger partial charge in [-0.05, 0) is 25.0 Å². The number of ether oxygens (including phenoxy) is 2. The third-order valence-electron chi connectivity index (χ3n) is 6.71. The quantitative estimate of drug-likeness (QED) is 0.125. The van der Waals surface area contributed by atoms with Gasteiger partial charge in [-0.2, -0.15) is 26.3 Å². The van der Waals surface area contributed by atoms with Crippen molar-refractivity contribution in [2.45, 2.75) is 62.5 Å². The Balaban J connectivity index is 0.000000230. The molecule has 0 unspecified atom stereocenters. The summed E-state index contributed by atoms with van der Waals surface area (Å²) in [5, 5.41) is 4.09. The molecule has 0 fully saturated rings. The van der Waals surface area contributed by atoms with Gasteiger partial charge in [0.1, 0.15) is 23.9 Å². The van der Waals surface area contributed by atoms with Gasteiger partial charge in [-0.15, -0.1) is 11.8 Å². The Labute approximate surface area is 289 Å². The maximum atomic E-state index is 14.8. The molecule has 0 bridgehead atoms. The molecule has 0 aliphatic carbocycles. The van der Waals surface area contributed by atoms with Gasteiger partial charge in [0.2, 0.25) is 0 Å². The number of oxime groups is 1. The predicted octanol–water partition coefficient (Wildman–Crippen LogP) is 10.3. The fourth-order valence-corrected chi connectivity index (χ4v) is 5.94. The van der Waals surface area contributed by atoms with E-state index < -0.39 is 63.6 Å². The minimum atomic E-state index is -4.73. The topological polar surface area (TPSA) is 65.8 Å². The van der Waals surface area contributed by atoms with Gasteiger partial charge < -0.3 is 14.3 Å². The van der Waals surface area contributed by atoms with Gasteiger partial charge in [0.25, 0.3) is 11.8 Å². The van der Waals surface area contributed by atoms with Crippen molar-refractivity contribution in [2.24, 2.45) is 5.16 Å². The van der Waals surface area contributed by atoms with E-state index in [4.69, 9.17) is 14.3 Å². The second kappa shape index (κ2) is 16.2. The van der Waals surface area contributed by atoms with Gasteiger partial charge >= 0.3 is 12.4 Å². The zero-order valence-electron chi connectivity index (χ0n) is 25.8. The smallest absolute Gasteiger partial charge is 0.418 e. The van der Waals surface area contributed by atoms with Crippen LogP contribution < -0.4 is 9.47 Å². The molecule has 0 saturated heterocycles. The molecule has 3 heterocycles. The maximum absolute atomic E-state index is 14.8. The molecule has 49 heavy (non-hydrogen) atoms. The highest BCUT2D eigenvalue weighted by atomic mass is 79.9. The zero-order chi connectivity index (χ0) is 35.8. The first kappa shape index (κ1) is 37.9. The van der Waals surface area contributed by atoms with Crippen LogP contribution >= 0.6 is 27.7 Å². The SMILES string of the molecule is CC1(C)CC(SCc2c(C(F)(F)F)cnc(OCc3ccccc3)c2F)=NO1.Fc1c(OCc2ccccc2)ncc(C(F)(F)F)c1CBr. The van der Waals surface area contributed by atoms with E-state index in [0.29, 0.717) is 23.9 Å². The Hall–Kier alpha value is -3.92. The van der Waals surface area contributed by atoms with Crippen molar-refractivity contribution >= 4 is 32.7 Å². The Bertz CT molecular complexity index is 1740. The van der Waals surface area contributed by atoms with E-state index in [2.05, 4.69) is 31.1 Å². The van der Waals surface area contributed by atoms with Crippen molar-refractivity contribution in [1.82, 2.24) is 9.97 Å². The van der Waals surface area contributed by atoms with Crippen molar-refractivity contribution in [2.75, 3.05) is 0 Å². The van der Waals surface area contributed by atoms with Gasteiger partial charge in [0.05, 0.1) is 11.1 Å². The van der Waals surface area contributed by atoms with Crippen LogP contribution in [0.15, 0.2) is 78.2 Å². The summed E-state index contributed by atoms with van der Waals surface area (Å²) in [4.78, 5) is 12.2. The van der Waals surface area contributed by atoms with Crippen LogP contribution in [0.25, 0.3) is 0 Å². The third-order valence-corrected chi connectivity index (χ3v) is 8.26. The van der Waals surface area contributed by atoms with Crippen LogP contribution in [0.5, 0.6) is 11.8 Å². The highest BCUT2D eigenvalue weighted by Crippen LogP contribution is 2.39. The fraction of sp³-hybridized carbons (Fsp3) is 0.303. The first-order valence-electron chi connectivity index (χ1n) is 14.4. The Morgan fingerprint density at radius 1 is 0.755 bits per heavy atom. The van der Waals surface area contributed by atoms with Crippen LogP contribution in [-0.4, -0.2) is 20.6 Å². The lowest BCUT2D eigenvalue weighted by molar-refractivity contribution is -0.139. The number of rotatable bonds is 9. The Kier molecular flexibility index (Phi) is 12.5. The highest BCUT2D eigenvalue weighted by Gasteiger charge is 2.38. The highest BCUT2D eigenvalue weighted by molar-refractivity contribution is 9.08. The average molecular weight is 779 g/mol. The van der Waals surface area contributed by atoms with Crippen LogP contribution in [0.4, 0.5) is 35.1 Å². The normalized spacial score (nSPS) is 14.0. The summed E-state index contributed by atoms with van der Waals surface area (Å²) < 4.78 is 118. The summed E-state index contributed by atoms with van der Waals surface area (Å²) in [5.74, 6) is -3.38. The minimum Gasteiger partial charge on any atom is -0.471 e. The van der Waals surface area contributed by atoms with Crippen LogP contribution in [0.1, 0.15) is 53.6 Å². The second-order valence-electron chi connectivity index (χ2n) is 11.0. The summed E-state index contributed by atoms with van der Waals surface area (Å²) in [7, 11) is 0. The number of halogens is 9.